The molecule has 13 heteroatoms. The zero-order valence-corrected chi connectivity index (χ0v) is 16.3. The normalized spacial score (nSPS) is 27.3. The highest BCUT2D eigenvalue weighted by Crippen LogP contribution is 2.40. The maximum Gasteiger partial charge on any atom is 0.455 e. The van der Waals surface area contributed by atoms with Gasteiger partial charge in [0.15, 0.2) is 0 Å². The van der Waals surface area contributed by atoms with E-state index in [1.165, 1.54) is 0 Å². The van der Waals surface area contributed by atoms with Gasteiger partial charge in [-0.25, -0.2) is 0 Å². The number of methoxy groups -OCH3 is 1. The van der Waals surface area contributed by atoms with Crippen LogP contribution >= 0.6 is 0 Å². The van der Waals surface area contributed by atoms with Crippen molar-refractivity contribution in [1.29, 1.82) is 0 Å². The molecule has 1 heterocycles. The van der Waals surface area contributed by atoms with Crippen LogP contribution in [-0.4, -0.2) is 57.0 Å². The van der Waals surface area contributed by atoms with Gasteiger partial charge in [-0.1, -0.05) is 0 Å². The maximum atomic E-state index is 14.4. The smallest absolute Gasteiger partial charge is 0.446 e. The summed E-state index contributed by atoms with van der Waals surface area (Å²) in [6.45, 7) is 0.494. The topological polar surface area (TPSA) is 125 Å². The van der Waals surface area contributed by atoms with E-state index in [-0.39, 0.29) is 23.5 Å². The van der Waals surface area contributed by atoms with Crippen molar-refractivity contribution < 1.29 is 41.3 Å². The summed E-state index contributed by atoms with van der Waals surface area (Å²) in [5.41, 5.74) is 4.44. The number of rotatable bonds is 6. The fourth-order valence-electron chi connectivity index (χ4n) is 2.98. The second-order valence-corrected chi connectivity index (χ2v) is 8.37. The molecule has 0 radical (unpaired) electrons. The van der Waals surface area contributed by atoms with E-state index < -0.39 is 63.0 Å². The van der Waals surface area contributed by atoms with Crippen molar-refractivity contribution in [2.24, 2.45) is 11.7 Å². The molecule has 0 aromatic heterocycles. The van der Waals surface area contributed by atoms with Crippen molar-refractivity contribution in [2.75, 3.05) is 18.6 Å². The quantitative estimate of drug-likeness (QED) is 0.296. The monoisotopic (exact) mass is 444 g/mol. The first kappa shape index (κ1) is 23.4. The number of nitro benzene ring substituents is 1. The third kappa shape index (κ3) is 5.02. The van der Waals surface area contributed by atoms with Gasteiger partial charge in [-0.15, -0.1) is 0 Å². The van der Waals surface area contributed by atoms with Crippen molar-refractivity contribution in [3.8, 4) is 5.75 Å². The number of nitrogens with two attached hydrogens (primary N) is 1. The van der Waals surface area contributed by atoms with E-state index in [2.05, 4.69) is 4.74 Å². The molecule has 164 valence electrons. The minimum atomic E-state index is -5.08. The van der Waals surface area contributed by atoms with Gasteiger partial charge in [0.05, 0.1) is 11.0 Å². The number of halogens is 4. The Bertz CT molecular complexity index is 808. The summed E-state index contributed by atoms with van der Waals surface area (Å²) in [7, 11) is -0.644. The molecule has 0 aliphatic carbocycles. The average molecular weight is 444 g/mol. The zero-order chi connectivity index (χ0) is 22.1. The number of aliphatic hydroxyl groups is 1. The molecule has 1 saturated heterocycles. The van der Waals surface area contributed by atoms with Gasteiger partial charge in [-0.2, -0.15) is 17.6 Å². The molecule has 1 aliphatic heterocycles. The Morgan fingerprint density at radius 1 is 1.38 bits per heavy atom. The number of nitro groups is 1. The Hall–Kier alpha value is -1.83. The standard InChI is InChI=1S/C16H20F4N2O6S/c1-15(27-2,16(18,19)20)28-12-5-8(4-10(17)13(12)22(24)25)3-9-6-29(26)7-11(21)14(9)23/h4-5,9,11,14,23H,3,6-7,21H2,1-2H3/t9-,11+,14+,15-,29+/m1/s1. The molecule has 5 atom stereocenters. The molecule has 2 rings (SSSR count). The molecule has 1 aliphatic rings. The predicted molar refractivity (Wildman–Crippen MR) is 94.2 cm³/mol. The van der Waals surface area contributed by atoms with Crippen molar-refractivity contribution in [1.82, 2.24) is 0 Å². The van der Waals surface area contributed by atoms with Gasteiger partial charge >= 0.3 is 17.7 Å². The Balaban J connectivity index is 2.44. The van der Waals surface area contributed by atoms with E-state index in [1.54, 1.807) is 0 Å². The number of hydrogen-bond acceptors (Lipinski definition) is 7. The Morgan fingerprint density at radius 3 is 2.52 bits per heavy atom. The van der Waals surface area contributed by atoms with Gasteiger partial charge in [0.25, 0.3) is 0 Å². The number of aliphatic hydroxyl groups excluding tert-OH is 1. The lowest BCUT2D eigenvalue weighted by Crippen LogP contribution is -2.50. The first-order valence-corrected chi connectivity index (χ1v) is 9.84. The molecule has 1 fully saturated rings. The molecular formula is C16H20F4N2O6S. The van der Waals surface area contributed by atoms with Crippen LogP contribution in [0.2, 0.25) is 0 Å². The van der Waals surface area contributed by atoms with Gasteiger partial charge in [0.1, 0.15) is 0 Å². The van der Waals surface area contributed by atoms with Crippen LogP contribution in [0, 0.1) is 21.8 Å². The fraction of sp³-hybridized carbons (Fsp3) is 0.625. The third-order valence-corrected chi connectivity index (χ3v) is 6.23. The van der Waals surface area contributed by atoms with E-state index in [0.29, 0.717) is 14.0 Å². The number of ether oxygens (including phenoxy) is 2. The summed E-state index contributed by atoms with van der Waals surface area (Å²) in [6, 6.07) is 0.855. The van der Waals surface area contributed by atoms with E-state index >= 15 is 0 Å². The molecule has 0 unspecified atom stereocenters. The van der Waals surface area contributed by atoms with Gasteiger partial charge in [-0.3, -0.25) is 14.3 Å². The minimum absolute atomic E-state index is 0.0128. The third-order valence-electron chi connectivity index (χ3n) is 4.68. The highest BCUT2D eigenvalue weighted by Gasteiger charge is 2.55. The van der Waals surface area contributed by atoms with Crippen molar-refractivity contribution in [2.45, 2.75) is 37.5 Å². The van der Waals surface area contributed by atoms with Crippen molar-refractivity contribution in [3.05, 3.63) is 33.6 Å². The number of benzene rings is 1. The maximum absolute atomic E-state index is 14.4. The van der Waals surface area contributed by atoms with Gasteiger partial charge < -0.3 is 20.3 Å². The fourth-order valence-corrected chi connectivity index (χ4v) is 4.53. The molecule has 29 heavy (non-hydrogen) atoms. The van der Waals surface area contributed by atoms with Crippen LogP contribution in [0.1, 0.15) is 12.5 Å². The van der Waals surface area contributed by atoms with E-state index in [9.17, 15) is 37.0 Å². The number of nitrogens with zero attached hydrogens (tertiary/aromatic N) is 1. The van der Waals surface area contributed by atoms with Gasteiger partial charge in [-0.05, 0) is 24.1 Å². The summed E-state index contributed by atoms with van der Waals surface area (Å²) in [4.78, 5) is 9.97. The molecule has 0 spiro atoms. The largest absolute Gasteiger partial charge is 0.455 e. The van der Waals surface area contributed by atoms with Gasteiger partial charge in [0.2, 0.25) is 11.6 Å². The van der Waals surface area contributed by atoms with Crippen LogP contribution in [0.25, 0.3) is 0 Å². The number of hydrogen-bond donors (Lipinski definition) is 2. The molecule has 3 N–H and O–H groups in total. The van der Waals surface area contributed by atoms with Crippen LogP contribution < -0.4 is 10.5 Å². The van der Waals surface area contributed by atoms with Crippen LogP contribution in [0.4, 0.5) is 23.2 Å². The first-order chi connectivity index (χ1) is 13.3. The molecule has 0 saturated carbocycles. The zero-order valence-electron chi connectivity index (χ0n) is 15.4. The van der Waals surface area contributed by atoms with Crippen molar-refractivity contribution >= 4 is 16.5 Å². The first-order valence-electron chi connectivity index (χ1n) is 8.35. The highest BCUT2D eigenvalue weighted by molar-refractivity contribution is 7.85. The molecule has 1 aromatic rings. The lowest BCUT2D eigenvalue weighted by Gasteiger charge is -2.32. The highest BCUT2D eigenvalue weighted by atomic mass is 32.2. The minimum Gasteiger partial charge on any atom is -0.446 e. The lowest BCUT2D eigenvalue weighted by atomic mass is 9.91. The van der Waals surface area contributed by atoms with E-state index in [4.69, 9.17) is 10.5 Å². The molecule has 0 bridgehead atoms. The van der Waals surface area contributed by atoms with E-state index in [0.717, 1.165) is 12.1 Å². The lowest BCUT2D eigenvalue weighted by molar-refractivity contribution is -0.392. The van der Waals surface area contributed by atoms with Crippen LogP contribution in [0.15, 0.2) is 12.1 Å². The summed E-state index contributed by atoms with van der Waals surface area (Å²) in [5, 5.41) is 21.3. The second-order valence-electron chi connectivity index (χ2n) is 6.82. The number of alkyl halides is 3. The Labute approximate surface area is 165 Å². The SMILES string of the molecule is CO[C@](C)(Oc1cc(C[C@@H]2C[S@](=O)C[C@H](N)[C@H]2O)cc(F)c1[N+](=O)[O-])C(F)(F)F. The Kier molecular flexibility index (Phi) is 6.87. The van der Waals surface area contributed by atoms with Gasteiger partial charge in [0, 0.05) is 48.3 Å². The summed E-state index contributed by atoms with van der Waals surface area (Å²) in [5.74, 6) is -6.22. The second kappa shape index (κ2) is 8.50. The van der Waals surface area contributed by atoms with Crippen molar-refractivity contribution in [3.63, 3.8) is 0 Å². The van der Waals surface area contributed by atoms with Crippen LogP contribution in [0.3, 0.4) is 0 Å². The molecular weight excluding hydrogens is 424 g/mol. The Morgan fingerprint density at radius 2 is 2.00 bits per heavy atom. The molecule has 0 amide bonds. The average Bonchev–Trinajstić information content (AvgIpc) is 2.57. The summed E-state index contributed by atoms with van der Waals surface area (Å²) >= 11 is 0. The van der Waals surface area contributed by atoms with Crippen LogP contribution in [0.5, 0.6) is 5.75 Å². The summed E-state index contributed by atoms with van der Waals surface area (Å²) < 4.78 is 74.9. The molecule has 8 nitrogen and oxygen atoms in total. The van der Waals surface area contributed by atoms with E-state index in [1.807, 2.05) is 0 Å². The molecule has 1 aromatic carbocycles. The summed E-state index contributed by atoms with van der Waals surface area (Å²) in [6.07, 6.45) is -6.28. The van der Waals surface area contributed by atoms with Crippen LogP contribution in [-0.2, 0) is 22.0 Å². The predicted octanol–water partition coefficient (Wildman–Crippen LogP) is 1.65.